The standard InChI is InChI=1S/C15H19N5O/c1-21-10-13-7-14(20-6-4-12(16)9-20)19-15(18-13)11-3-2-5-17-8-11/h2-3,5,7-8,12H,4,6,9-10,16H2,1H3. The van der Waals surface area contributed by atoms with E-state index >= 15 is 0 Å². The average molecular weight is 285 g/mol. The van der Waals surface area contributed by atoms with Crippen LogP contribution in [-0.4, -0.2) is 41.2 Å². The molecule has 0 aliphatic carbocycles. The van der Waals surface area contributed by atoms with Gasteiger partial charge in [-0.3, -0.25) is 4.98 Å². The van der Waals surface area contributed by atoms with E-state index < -0.39 is 0 Å². The van der Waals surface area contributed by atoms with Crippen molar-refractivity contribution >= 4 is 5.82 Å². The van der Waals surface area contributed by atoms with Gasteiger partial charge in [-0.2, -0.15) is 0 Å². The van der Waals surface area contributed by atoms with Gasteiger partial charge in [0.2, 0.25) is 0 Å². The number of nitrogens with zero attached hydrogens (tertiary/aromatic N) is 4. The highest BCUT2D eigenvalue weighted by Gasteiger charge is 2.21. The van der Waals surface area contributed by atoms with Crippen molar-refractivity contribution in [3.8, 4) is 11.4 Å². The second-order valence-electron chi connectivity index (χ2n) is 5.21. The monoisotopic (exact) mass is 285 g/mol. The van der Waals surface area contributed by atoms with Crippen LogP contribution in [0.15, 0.2) is 30.6 Å². The molecule has 1 atom stereocenters. The second-order valence-corrected chi connectivity index (χ2v) is 5.21. The molecule has 0 amide bonds. The highest BCUT2D eigenvalue weighted by Crippen LogP contribution is 2.22. The van der Waals surface area contributed by atoms with Gasteiger partial charge >= 0.3 is 0 Å². The highest BCUT2D eigenvalue weighted by molar-refractivity contribution is 5.57. The molecule has 0 aromatic carbocycles. The first-order chi connectivity index (χ1) is 10.3. The molecule has 1 aliphatic rings. The first kappa shape index (κ1) is 13.9. The lowest BCUT2D eigenvalue weighted by atomic mass is 10.2. The third-order valence-electron chi connectivity index (χ3n) is 3.53. The molecule has 0 radical (unpaired) electrons. The van der Waals surface area contributed by atoms with Gasteiger partial charge in [-0.1, -0.05) is 0 Å². The number of pyridine rings is 1. The number of ether oxygens (including phenoxy) is 1. The van der Waals surface area contributed by atoms with Crippen molar-refractivity contribution in [2.24, 2.45) is 5.73 Å². The molecular formula is C15H19N5O. The maximum absolute atomic E-state index is 5.99. The fourth-order valence-corrected chi connectivity index (χ4v) is 2.49. The Hall–Kier alpha value is -2.05. The number of nitrogens with two attached hydrogens (primary N) is 1. The molecule has 6 heteroatoms. The lowest BCUT2D eigenvalue weighted by molar-refractivity contribution is 0.181. The van der Waals surface area contributed by atoms with Crippen molar-refractivity contribution in [2.45, 2.75) is 19.1 Å². The van der Waals surface area contributed by atoms with Crippen LogP contribution >= 0.6 is 0 Å². The molecule has 110 valence electrons. The molecule has 0 saturated carbocycles. The fourth-order valence-electron chi connectivity index (χ4n) is 2.49. The van der Waals surface area contributed by atoms with E-state index in [1.54, 1.807) is 19.5 Å². The molecule has 3 rings (SSSR count). The van der Waals surface area contributed by atoms with Gasteiger partial charge in [-0.25, -0.2) is 9.97 Å². The summed E-state index contributed by atoms with van der Waals surface area (Å²) in [6, 6.07) is 6.03. The van der Waals surface area contributed by atoms with Crippen molar-refractivity contribution in [3.05, 3.63) is 36.3 Å². The summed E-state index contributed by atoms with van der Waals surface area (Å²) in [6.45, 7) is 2.22. The van der Waals surface area contributed by atoms with Crippen molar-refractivity contribution in [2.75, 3.05) is 25.1 Å². The molecule has 3 heterocycles. The summed E-state index contributed by atoms with van der Waals surface area (Å²) in [7, 11) is 1.66. The van der Waals surface area contributed by atoms with Crippen LogP contribution in [0.25, 0.3) is 11.4 Å². The van der Waals surface area contributed by atoms with E-state index in [2.05, 4.69) is 19.9 Å². The minimum Gasteiger partial charge on any atom is -0.378 e. The summed E-state index contributed by atoms with van der Waals surface area (Å²) < 4.78 is 5.21. The van der Waals surface area contributed by atoms with Crippen LogP contribution in [0.1, 0.15) is 12.1 Å². The van der Waals surface area contributed by atoms with Gasteiger partial charge in [0.1, 0.15) is 5.82 Å². The van der Waals surface area contributed by atoms with Crippen molar-refractivity contribution in [1.82, 2.24) is 15.0 Å². The van der Waals surface area contributed by atoms with E-state index in [-0.39, 0.29) is 6.04 Å². The van der Waals surface area contributed by atoms with Crippen LogP contribution in [0, 0.1) is 0 Å². The average Bonchev–Trinajstić information content (AvgIpc) is 2.95. The number of aromatic nitrogens is 3. The van der Waals surface area contributed by atoms with Gasteiger partial charge in [-0.15, -0.1) is 0 Å². The molecule has 1 saturated heterocycles. The minimum atomic E-state index is 0.215. The van der Waals surface area contributed by atoms with Gasteiger partial charge < -0.3 is 15.4 Å². The minimum absolute atomic E-state index is 0.215. The number of hydrogen-bond acceptors (Lipinski definition) is 6. The Labute approximate surface area is 124 Å². The molecule has 1 aliphatic heterocycles. The van der Waals surface area contributed by atoms with Crippen LogP contribution in [0.3, 0.4) is 0 Å². The lowest BCUT2D eigenvalue weighted by Gasteiger charge is -2.18. The topological polar surface area (TPSA) is 77.2 Å². The fraction of sp³-hybridized carbons (Fsp3) is 0.400. The van der Waals surface area contributed by atoms with E-state index in [9.17, 15) is 0 Å². The SMILES string of the molecule is COCc1cc(N2CCC(N)C2)nc(-c2cccnc2)n1. The van der Waals surface area contributed by atoms with E-state index in [0.717, 1.165) is 36.6 Å². The number of rotatable bonds is 4. The van der Waals surface area contributed by atoms with Gasteiger partial charge in [0.15, 0.2) is 5.82 Å². The zero-order valence-electron chi connectivity index (χ0n) is 12.1. The summed E-state index contributed by atoms with van der Waals surface area (Å²) in [5.74, 6) is 1.58. The van der Waals surface area contributed by atoms with Crippen LogP contribution in [0.4, 0.5) is 5.82 Å². The lowest BCUT2D eigenvalue weighted by Crippen LogP contribution is -2.27. The molecule has 6 nitrogen and oxygen atoms in total. The molecule has 0 bridgehead atoms. The van der Waals surface area contributed by atoms with E-state index in [1.165, 1.54) is 0 Å². The summed E-state index contributed by atoms with van der Waals surface area (Å²) in [5, 5.41) is 0. The molecular weight excluding hydrogens is 266 g/mol. The van der Waals surface area contributed by atoms with Gasteiger partial charge in [0.05, 0.1) is 12.3 Å². The molecule has 0 spiro atoms. The van der Waals surface area contributed by atoms with E-state index in [4.69, 9.17) is 10.5 Å². The predicted octanol–water partition coefficient (Wildman–Crippen LogP) is 1.22. The van der Waals surface area contributed by atoms with Crippen molar-refractivity contribution in [1.29, 1.82) is 0 Å². The Bertz CT molecular complexity index is 604. The largest absolute Gasteiger partial charge is 0.378 e. The maximum Gasteiger partial charge on any atom is 0.163 e. The Morgan fingerprint density at radius 2 is 2.33 bits per heavy atom. The Morgan fingerprint density at radius 1 is 1.43 bits per heavy atom. The van der Waals surface area contributed by atoms with Crippen molar-refractivity contribution in [3.63, 3.8) is 0 Å². The van der Waals surface area contributed by atoms with Crippen LogP contribution < -0.4 is 10.6 Å². The van der Waals surface area contributed by atoms with Gasteiger partial charge in [0, 0.05) is 50.3 Å². The van der Waals surface area contributed by atoms with Crippen LogP contribution in [0.2, 0.25) is 0 Å². The van der Waals surface area contributed by atoms with Gasteiger partial charge in [-0.05, 0) is 18.6 Å². The molecule has 2 aromatic rings. The molecule has 2 aromatic heterocycles. The smallest absolute Gasteiger partial charge is 0.163 e. The third-order valence-corrected chi connectivity index (χ3v) is 3.53. The first-order valence-corrected chi connectivity index (χ1v) is 7.04. The Morgan fingerprint density at radius 3 is 3.00 bits per heavy atom. The van der Waals surface area contributed by atoms with Gasteiger partial charge in [0.25, 0.3) is 0 Å². The summed E-state index contributed by atoms with van der Waals surface area (Å²) in [6.07, 6.45) is 4.50. The number of methoxy groups -OCH3 is 1. The first-order valence-electron chi connectivity index (χ1n) is 7.04. The van der Waals surface area contributed by atoms with E-state index in [0.29, 0.717) is 12.4 Å². The third kappa shape index (κ3) is 3.17. The Kier molecular flexibility index (Phi) is 4.08. The molecule has 2 N–H and O–H groups in total. The predicted molar refractivity (Wildman–Crippen MR) is 80.8 cm³/mol. The normalized spacial score (nSPS) is 18.2. The zero-order valence-corrected chi connectivity index (χ0v) is 12.1. The quantitative estimate of drug-likeness (QED) is 0.910. The molecule has 21 heavy (non-hydrogen) atoms. The zero-order chi connectivity index (χ0) is 14.7. The highest BCUT2D eigenvalue weighted by atomic mass is 16.5. The maximum atomic E-state index is 5.99. The number of anilines is 1. The summed E-state index contributed by atoms with van der Waals surface area (Å²) >= 11 is 0. The molecule has 1 unspecified atom stereocenters. The second kappa shape index (κ2) is 6.15. The number of hydrogen-bond donors (Lipinski definition) is 1. The van der Waals surface area contributed by atoms with Crippen LogP contribution in [-0.2, 0) is 11.3 Å². The van der Waals surface area contributed by atoms with Crippen molar-refractivity contribution < 1.29 is 4.74 Å². The summed E-state index contributed by atoms with van der Waals surface area (Å²) in [4.78, 5) is 15.5. The van der Waals surface area contributed by atoms with Crippen LogP contribution in [0.5, 0.6) is 0 Å². The molecule has 1 fully saturated rings. The summed E-state index contributed by atoms with van der Waals surface area (Å²) in [5.41, 5.74) is 7.75. The van der Waals surface area contributed by atoms with E-state index in [1.807, 2.05) is 18.2 Å². The Balaban J connectivity index is 1.98.